The Hall–Kier alpha value is -2.33. The number of aryl methyl sites for hydroxylation is 1. The molecule has 2 aromatic carbocycles. The molecule has 0 amide bonds. The molecule has 25 heavy (non-hydrogen) atoms. The molecule has 0 unspecified atom stereocenters. The second-order valence-corrected chi connectivity index (χ2v) is 7.14. The number of carbonyl (C=O) groups is 1. The van der Waals surface area contributed by atoms with Crippen molar-refractivity contribution in [1.29, 1.82) is 0 Å². The lowest BCUT2D eigenvalue weighted by Gasteiger charge is -2.45. The molecule has 2 aliphatic heterocycles. The first-order valence-electron chi connectivity index (χ1n) is 8.76. The number of piperidine rings is 1. The van der Waals surface area contributed by atoms with E-state index >= 15 is 0 Å². The van der Waals surface area contributed by atoms with Gasteiger partial charge >= 0.3 is 5.97 Å². The molecule has 2 aromatic rings. The highest BCUT2D eigenvalue weighted by Crippen LogP contribution is 2.54. The van der Waals surface area contributed by atoms with Crippen LogP contribution < -0.4 is 4.74 Å². The lowest BCUT2D eigenvalue weighted by Crippen LogP contribution is -2.49. The minimum absolute atomic E-state index is 0.0358. The van der Waals surface area contributed by atoms with Gasteiger partial charge < -0.3 is 14.4 Å². The van der Waals surface area contributed by atoms with Gasteiger partial charge in [-0.15, -0.1) is 0 Å². The molecule has 0 N–H and O–H groups in total. The lowest BCUT2D eigenvalue weighted by atomic mass is 9.72. The highest BCUT2D eigenvalue weighted by atomic mass is 16.6. The number of esters is 1. The van der Waals surface area contributed by atoms with E-state index in [1.807, 2.05) is 24.3 Å². The molecule has 2 atom stereocenters. The summed E-state index contributed by atoms with van der Waals surface area (Å²) in [4.78, 5) is 14.4. The topological polar surface area (TPSA) is 38.8 Å². The maximum atomic E-state index is 12.1. The van der Waals surface area contributed by atoms with Crippen molar-refractivity contribution in [1.82, 2.24) is 4.90 Å². The van der Waals surface area contributed by atoms with Crippen molar-refractivity contribution in [3.05, 3.63) is 59.2 Å². The Morgan fingerprint density at radius 3 is 2.84 bits per heavy atom. The van der Waals surface area contributed by atoms with E-state index < -0.39 is 5.60 Å². The SMILES string of the molecule is CC(=O)O[C@@]12CCN(C)C[C@@H]1c1cccc(C)c1Oc1ccccc12. The summed E-state index contributed by atoms with van der Waals surface area (Å²) in [5, 5.41) is 0. The molecule has 4 nitrogen and oxygen atoms in total. The van der Waals surface area contributed by atoms with Crippen LogP contribution in [0.5, 0.6) is 11.5 Å². The number of likely N-dealkylation sites (N-methyl/N-ethyl adjacent to an activating group) is 1. The standard InChI is InChI=1S/C21H23NO3/c1-14-7-6-8-16-18-13-22(3)12-11-21(18,25-15(2)23)17-9-4-5-10-19(17)24-20(14)16/h4-10,18H,11-13H2,1-3H3/t18-,21-/m1/s1. The van der Waals surface area contributed by atoms with Crippen LogP contribution in [-0.4, -0.2) is 31.0 Å². The van der Waals surface area contributed by atoms with Gasteiger partial charge in [0, 0.05) is 43.5 Å². The van der Waals surface area contributed by atoms with Crippen LogP contribution in [0.25, 0.3) is 0 Å². The number of para-hydroxylation sites is 2. The van der Waals surface area contributed by atoms with Crippen molar-refractivity contribution in [2.45, 2.75) is 31.8 Å². The third kappa shape index (κ3) is 2.52. The molecule has 130 valence electrons. The number of hydrogen-bond acceptors (Lipinski definition) is 4. The maximum absolute atomic E-state index is 12.1. The maximum Gasteiger partial charge on any atom is 0.303 e. The molecule has 1 saturated heterocycles. The van der Waals surface area contributed by atoms with Crippen LogP contribution in [0.15, 0.2) is 42.5 Å². The highest BCUT2D eigenvalue weighted by Gasteiger charge is 2.51. The van der Waals surface area contributed by atoms with Gasteiger partial charge in [-0.2, -0.15) is 0 Å². The molecule has 0 spiro atoms. The quantitative estimate of drug-likeness (QED) is 0.738. The summed E-state index contributed by atoms with van der Waals surface area (Å²) in [5.74, 6) is 1.46. The van der Waals surface area contributed by atoms with Gasteiger partial charge in [-0.1, -0.05) is 36.4 Å². The summed E-state index contributed by atoms with van der Waals surface area (Å²) in [6.07, 6.45) is 0.751. The Kier molecular flexibility index (Phi) is 3.80. The van der Waals surface area contributed by atoms with E-state index in [9.17, 15) is 4.79 Å². The molecule has 2 heterocycles. The van der Waals surface area contributed by atoms with Crippen molar-refractivity contribution < 1.29 is 14.3 Å². The number of nitrogens with zero attached hydrogens (tertiary/aromatic N) is 1. The molecule has 0 radical (unpaired) electrons. The zero-order valence-electron chi connectivity index (χ0n) is 14.9. The summed E-state index contributed by atoms with van der Waals surface area (Å²) in [7, 11) is 2.12. The molecule has 4 rings (SSSR count). The molecular weight excluding hydrogens is 314 g/mol. The van der Waals surface area contributed by atoms with E-state index in [2.05, 4.69) is 37.1 Å². The highest BCUT2D eigenvalue weighted by molar-refractivity contribution is 5.68. The Labute approximate surface area is 148 Å². The Bertz CT molecular complexity index is 832. The van der Waals surface area contributed by atoms with Gasteiger partial charge in [0.25, 0.3) is 0 Å². The van der Waals surface area contributed by atoms with Crippen LogP contribution in [0.4, 0.5) is 0 Å². The fourth-order valence-corrected chi connectivity index (χ4v) is 4.29. The van der Waals surface area contributed by atoms with E-state index in [-0.39, 0.29) is 11.9 Å². The fourth-order valence-electron chi connectivity index (χ4n) is 4.29. The van der Waals surface area contributed by atoms with Crippen molar-refractivity contribution in [3.63, 3.8) is 0 Å². The van der Waals surface area contributed by atoms with Crippen molar-refractivity contribution in [3.8, 4) is 11.5 Å². The van der Waals surface area contributed by atoms with Crippen molar-refractivity contribution in [2.75, 3.05) is 20.1 Å². The van der Waals surface area contributed by atoms with E-state index in [1.54, 1.807) is 0 Å². The van der Waals surface area contributed by atoms with Crippen molar-refractivity contribution in [2.24, 2.45) is 0 Å². The van der Waals surface area contributed by atoms with Gasteiger partial charge in [-0.05, 0) is 25.6 Å². The van der Waals surface area contributed by atoms with Gasteiger partial charge in [0.2, 0.25) is 0 Å². The van der Waals surface area contributed by atoms with Crippen LogP contribution in [0.2, 0.25) is 0 Å². The second kappa shape index (κ2) is 5.88. The largest absolute Gasteiger partial charge is 0.456 e. The minimum atomic E-state index is -0.687. The first-order valence-corrected chi connectivity index (χ1v) is 8.76. The van der Waals surface area contributed by atoms with Gasteiger partial charge in [0.15, 0.2) is 0 Å². The van der Waals surface area contributed by atoms with Crippen LogP contribution >= 0.6 is 0 Å². The average Bonchev–Trinajstić information content (AvgIpc) is 2.69. The van der Waals surface area contributed by atoms with Gasteiger partial charge in [0.05, 0.1) is 0 Å². The van der Waals surface area contributed by atoms with E-state index in [0.29, 0.717) is 0 Å². The molecular formula is C21H23NO3. The first-order chi connectivity index (χ1) is 12.0. The summed E-state index contributed by atoms with van der Waals surface area (Å²) >= 11 is 0. The third-order valence-corrected chi connectivity index (χ3v) is 5.42. The average molecular weight is 337 g/mol. The van der Waals surface area contributed by atoms with E-state index in [4.69, 9.17) is 9.47 Å². The lowest BCUT2D eigenvalue weighted by molar-refractivity contribution is -0.167. The molecule has 0 bridgehead atoms. The monoisotopic (exact) mass is 337 g/mol. The molecule has 0 aromatic heterocycles. The Balaban J connectivity index is 2.02. The van der Waals surface area contributed by atoms with Crippen LogP contribution in [0, 0.1) is 6.92 Å². The molecule has 4 heteroatoms. The van der Waals surface area contributed by atoms with Gasteiger partial charge in [0.1, 0.15) is 17.1 Å². The predicted octanol–water partition coefficient (Wildman–Crippen LogP) is 3.98. The number of likely N-dealkylation sites (tertiary alicyclic amines) is 1. The minimum Gasteiger partial charge on any atom is -0.456 e. The summed E-state index contributed by atoms with van der Waals surface area (Å²) < 4.78 is 12.4. The van der Waals surface area contributed by atoms with Gasteiger partial charge in [-0.25, -0.2) is 0 Å². The van der Waals surface area contributed by atoms with Crippen LogP contribution in [0.3, 0.4) is 0 Å². The van der Waals surface area contributed by atoms with E-state index in [1.165, 1.54) is 6.92 Å². The number of benzene rings is 2. The summed E-state index contributed by atoms with van der Waals surface area (Å²) in [5.41, 5.74) is 2.50. The number of ether oxygens (including phenoxy) is 2. The van der Waals surface area contributed by atoms with Gasteiger partial charge in [-0.3, -0.25) is 4.79 Å². The summed E-state index contributed by atoms with van der Waals surface area (Å²) in [6.45, 7) is 5.25. The Morgan fingerprint density at radius 1 is 1.24 bits per heavy atom. The predicted molar refractivity (Wildman–Crippen MR) is 96.0 cm³/mol. The molecule has 0 aliphatic carbocycles. The number of carbonyl (C=O) groups excluding carboxylic acids is 1. The van der Waals surface area contributed by atoms with Crippen LogP contribution in [0.1, 0.15) is 36.0 Å². The fraction of sp³-hybridized carbons (Fsp3) is 0.381. The smallest absolute Gasteiger partial charge is 0.303 e. The number of fused-ring (bicyclic) bond motifs is 5. The molecule has 1 fully saturated rings. The molecule has 0 saturated carbocycles. The molecule has 2 aliphatic rings. The summed E-state index contributed by atoms with van der Waals surface area (Å²) in [6, 6.07) is 14.2. The number of hydrogen-bond donors (Lipinski definition) is 0. The number of rotatable bonds is 1. The second-order valence-electron chi connectivity index (χ2n) is 7.14. The van der Waals surface area contributed by atoms with E-state index in [0.717, 1.165) is 47.7 Å². The third-order valence-electron chi connectivity index (χ3n) is 5.42. The zero-order valence-corrected chi connectivity index (χ0v) is 14.9. The van der Waals surface area contributed by atoms with Crippen molar-refractivity contribution >= 4 is 5.97 Å². The normalized spacial score (nSPS) is 25.0. The first kappa shape index (κ1) is 16.2. The van der Waals surface area contributed by atoms with Crippen LogP contribution in [-0.2, 0) is 15.1 Å². The Morgan fingerprint density at radius 2 is 2.04 bits per heavy atom. The zero-order chi connectivity index (χ0) is 17.6.